The smallest absolute Gasteiger partial charge is 0.328 e. The molecule has 7 heteroatoms. The number of hydrogen-bond donors (Lipinski definition) is 3. The molecule has 0 heterocycles. The normalized spacial score (nSPS) is 13.4. The molecule has 0 saturated heterocycles. The number of carbonyl (C=O) groups is 2. The lowest BCUT2D eigenvalue weighted by Gasteiger charge is -2.18. The number of aliphatic hydroxyl groups is 1. The molecule has 0 saturated carbocycles. The molecule has 2 atom stereocenters. The van der Waals surface area contributed by atoms with Crippen LogP contribution < -0.4 is 10.1 Å². The fourth-order valence-corrected chi connectivity index (χ4v) is 1.69. The third-order valence-electron chi connectivity index (χ3n) is 2.61. The maximum atomic E-state index is 11.8. The second kappa shape index (κ2) is 7.12. The summed E-state index contributed by atoms with van der Waals surface area (Å²) in [6.45, 7) is 2.58. The lowest BCUT2D eigenvalue weighted by atomic mass is 10.2. The summed E-state index contributed by atoms with van der Waals surface area (Å²) in [6, 6.07) is 3.60. The summed E-state index contributed by atoms with van der Waals surface area (Å²) in [5, 5.41) is 20.3. The number of halogens is 1. The number of carbonyl (C=O) groups excluding carboxylic acids is 1. The largest absolute Gasteiger partial charge is 0.481 e. The first-order chi connectivity index (χ1) is 9.35. The molecule has 20 heavy (non-hydrogen) atoms. The van der Waals surface area contributed by atoms with Gasteiger partial charge in [0.25, 0.3) is 5.91 Å². The van der Waals surface area contributed by atoms with Crippen molar-refractivity contribution in [3.8, 4) is 5.75 Å². The third kappa shape index (κ3) is 4.40. The second-order valence-corrected chi connectivity index (χ2v) is 4.69. The number of amides is 1. The summed E-state index contributed by atoms with van der Waals surface area (Å²) in [6.07, 6.45) is -0.900. The molecule has 3 N–H and O–H groups in total. The van der Waals surface area contributed by atoms with E-state index in [2.05, 4.69) is 5.32 Å². The number of carboxylic acid groups (broad SMARTS) is 1. The number of rotatable bonds is 6. The zero-order chi connectivity index (χ0) is 15.3. The Balaban J connectivity index is 2.68. The van der Waals surface area contributed by atoms with E-state index >= 15 is 0 Å². The van der Waals surface area contributed by atoms with Gasteiger partial charge in [-0.3, -0.25) is 4.79 Å². The van der Waals surface area contributed by atoms with Gasteiger partial charge in [-0.2, -0.15) is 0 Å². The van der Waals surface area contributed by atoms with Gasteiger partial charge in [-0.05, 0) is 37.6 Å². The fourth-order valence-electron chi connectivity index (χ4n) is 1.46. The van der Waals surface area contributed by atoms with Crippen molar-refractivity contribution in [2.24, 2.45) is 0 Å². The van der Waals surface area contributed by atoms with Crippen LogP contribution in [0, 0.1) is 6.92 Å². The highest BCUT2D eigenvalue weighted by Gasteiger charge is 2.23. The summed E-state index contributed by atoms with van der Waals surface area (Å²) >= 11 is 5.81. The summed E-state index contributed by atoms with van der Waals surface area (Å²) in [4.78, 5) is 22.5. The minimum absolute atomic E-state index is 0.480. The molecule has 1 aromatic rings. The lowest BCUT2D eigenvalue weighted by Crippen LogP contribution is -2.48. The Hall–Kier alpha value is -1.79. The SMILES string of the molecule is Cc1cc(Cl)ccc1OC(C)C(=O)N[C@@H](CO)C(=O)O. The Morgan fingerprint density at radius 2 is 2.10 bits per heavy atom. The van der Waals surface area contributed by atoms with Gasteiger partial charge in [0.05, 0.1) is 6.61 Å². The van der Waals surface area contributed by atoms with Crippen molar-refractivity contribution in [2.45, 2.75) is 26.0 Å². The molecule has 0 aromatic heterocycles. The number of hydrogen-bond acceptors (Lipinski definition) is 4. The van der Waals surface area contributed by atoms with Gasteiger partial charge < -0.3 is 20.3 Å². The maximum absolute atomic E-state index is 11.8. The highest BCUT2D eigenvalue weighted by atomic mass is 35.5. The summed E-state index contributed by atoms with van der Waals surface area (Å²) in [5.74, 6) is -1.45. The topological polar surface area (TPSA) is 95.9 Å². The molecule has 0 spiro atoms. The molecule has 1 aromatic carbocycles. The first kappa shape index (κ1) is 16.3. The van der Waals surface area contributed by atoms with Crippen molar-refractivity contribution in [1.82, 2.24) is 5.32 Å². The third-order valence-corrected chi connectivity index (χ3v) is 2.84. The van der Waals surface area contributed by atoms with Gasteiger partial charge in [-0.15, -0.1) is 0 Å². The zero-order valence-electron chi connectivity index (χ0n) is 11.1. The number of aliphatic carboxylic acids is 1. The lowest BCUT2D eigenvalue weighted by molar-refractivity contribution is -0.144. The van der Waals surface area contributed by atoms with E-state index in [0.717, 1.165) is 5.56 Å². The summed E-state index contributed by atoms with van der Waals surface area (Å²) in [5.41, 5.74) is 0.758. The molecule has 6 nitrogen and oxygen atoms in total. The van der Waals surface area contributed by atoms with Gasteiger partial charge >= 0.3 is 5.97 Å². The van der Waals surface area contributed by atoms with Crippen LogP contribution in [0.1, 0.15) is 12.5 Å². The summed E-state index contributed by atoms with van der Waals surface area (Å²) < 4.78 is 5.44. The first-order valence-electron chi connectivity index (χ1n) is 5.92. The molecular formula is C13H16ClNO5. The van der Waals surface area contributed by atoms with Crippen LogP contribution in [0.2, 0.25) is 5.02 Å². The molecule has 1 unspecified atom stereocenters. The van der Waals surface area contributed by atoms with Crippen molar-refractivity contribution in [3.63, 3.8) is 0 Å². The monoisotopic (exact) mass is 301 g/mol. The van der Waals surface area contributed by atoms with Crippen molar-refractivity contribution in [1.29, 1.82) is 0 Å². The molecule has 110 valence electrons. The van der Waals surface area contributed by atoms with Gasteiger partial charge in [0.2, 0.25) is 0 Å². The molecule has 0 aliphatic carbocycles. The Labute approximate surface area is 121 Å². The molecule has 0 aliphatic heterocycles. The number of ether oxygens (including phenoxy) is 1. The van der Waals surface area contributed by atoms with Crippen LogP contribution in [0.4, 0.5) is 0 Å². The van der Waals surface area contributed by atoms with Crippen LogP contribution in [-0.2, 0) is 9.59 Å². The minimum atomic E-state index is -1.35. The van der Waals surface area contributed by atoms with Crippen molar-refractivity contribution in [2.75, 3.05) is 6.61 Å². The number of carboxylic acids is 1. The Morgan fingerprint density at radius 1 is 1.45 bits per heavy atom. The van der Waals surface area contributed by atoms with E-state index in [4.69, 9.17) is 26.6 Å². The maximum Gasteiger partial charge on any atom is 0.328 e. The van der Waals surface area contributed by atoms with E-state index in [-0.39, 0.29) is 0 Å². The van der Waals surface area contributed by atoms with E-state index in [1.165, 1.54) is 6.92 Å². The number of benzene rings is 1. The fraction of sp³-hybridized carbons (Fsp3) is 0.385. The van der Waals surface area contributed by atoms with Crippen LogP contribution in [0.15, 0.2) is 18.2 Å². The minimum Gasteiger partial charge on any atom is -0.481 e. The van der Waals surface area contributed by atoms with Gasteiger partial charge in [-0.1, -0.05) is 11.6 Å². The van der Waals surface area contributed by atoms with E-state index in [0.29, 0.717) is 10.8 Å². The first-order valence-corrected chi connectivity index (χ1v) is 6.29. The van der Waals surface area contributed by atoms with Gasteiger partial charge in [-0.25, -0.2) is 4.79 Å². The van der Waals surface area contributed by atoms with Crippen molar-refractivity contribution in [3.05, 3.63) is 28.8 Å². The summed E-state index contributed by atoms with van der Waals surface area (Å²) in [7, 11) is 0. The van der Waals surface area contributed by atoms with E-state index in [1.54, 1.807) is 25.1 Å². The van der Waals surface area contributed by atoms with E-state index in [9.17, 15) is 9.59 Å². The van der Waals surface area contributed by atoms with Crippen molar-refractivity contribution < 1.29 is 24.5 Å². The average molecular weight is 302 g/mol. The molecular weight excluding hydrogens is 286 g/mol. The highest BCUT2D eigenvalue weighted by Crippen LogP contribution is 2.22. The Morgan fingerprint density at radius 3 is 2.60 bits per heavy atom. The predicted octanol–water partition coefficient (Wildman–Crippen LogP) is 0.977. The standard InChI is InChI=1S/C13H16ClNO5/c1-7-5-9(14)3-4-11(7)20-8(2)12(17)15-10(6-16)13(18)19/h3-5,8,10,16H,6H2,1-2H3,(H,15,17)(H,18,19)/t8?,10-/m0/s1. The molecule has 0 bridgehead atoms. The van der Waals surface area contributed by atoms with Crippen LogP contribution in [0.5, 0.6) is 5.75 Å². The van der Waals surface area contributed by atoms with Gasteiger partial charge in [0, 0.05) is 5.02 Å². The van der Waals surface area contributed by atoms with Crippen LogP contribution in [-0.4, -0.2) is 40.8 Å². The highest BCUT2D eigenvalue weighted by molar-refractivity contribution is 6.30. The Bertz CT molecular complexity index is 506. The van der Waals surface area contributed by atoms with Crippen LogP contribution in [0.3, 0.4) is 0 Å². The predicted molar refractivity (Wildman–Crippen MR) is 72.9 cm³/mol. The van der Waals surface area contributed by atoms with Crippen LogP contribution >= 0.6 is 11.6 Å². The molecule has 1 rings (SSSR count). The van der Waals surface area contributed by atoms with E-state index < -0.39 is 30.6 Å². The quantitative estimate of drug-likeness (QED) is 0.728. The molecule has 1 amide bonds. The van der Waals surface area contributed by atoms with Gasteiger partial charge in [0.15, 0.2) is 6.10 Å². The number of aliphatic hydroxyl groups excluding tert-OH is 1. The number of aryl methyl sites for hydroxylation is 1. The molecule has 0 aliphatic rings. The van der Waals surface area contributed by atoms with Crippen LogP contribution in [0.25, 0.3) is 0 Å². The Kier molecular flexibility index (Phi) is 5.79. The van der Waals surface area contributed by atoms with Crippen molar-refractivity contribution >= 4 is 23.5 Å². The van der Waals surface area contributed by atoms with Gasteiger partial charge in [0.1, 0.15) is 11.8 Å². The molecule has 0 radical (unpaired) electrons. The van der Waals surface area contributed by atoms with E-state index in [1.807, 2.05) is 0 Å². The molecule has 0 fully saturated rings. The zero-order valence-corrected chi connectivity index (χ0v) is 11.8. The second-order valence-electron chi connectivity index (χ2n) is 4.25. The number of nitrogens with one attached hydrogen (secondary N) is 1. The average Bonchev–Trinajstić information content (AvgIpc) is 2.38.